The number of nitrogens with one attached hydrogen (secondary N) is 3. The standard InChI is InChI=1S/C41H46ClN10O6P/c1-58-34-23-28(9-11-32(34)45-40-43-24-31(42)37(47-40)44-33-6-4-5-7-35(33)59(2,3)57)49-15-12-27(13-16-49)50-20-18-48(19-21-50)25-26-8-10-29-30(22-26)39(55)52(38(29)54)51-17-14-36(53)46-41(51)56/h4-11,22-24,27H,12-21,25H2,1-3H3,(H,46,53,56)(H2,43,44,45,47). The van der Waals surface area contributed by atoms with Gasteiger partial charge < -0.3 is 24.8 Å². The molecule has 5 heterocycles. The molecular formula is C41H46ClN10O6P. The van der Waals surface area contributed by atoms with Gasteiger partial charge in [-0.2, -0.15) is 9.99 Å². The number of hydrazine groups is 1. The Labute approximate surface area is 347 Å². The average Bonchev–Trinajstić information content (AvgIpc) is 3.47. The number of piperidine rings is 1. The highest BCUT2D eigenvalue weighted by Crippen LogP contribution is 2.39. The van der Waals surface area contributed by atoms with Gasteiger partial charge >= 0.3 is 6.03 Å². The lowest BCUT2D eigenvalue weighted by Crippen LogP contribution is -2.58. The minimum Gasteiger partial charge on any atom is -0.494 e. The molecule has 3 N–H and O–H groups in total. The summed E-state index contributed by atoms with van der Waals surface area (Å²) in [5, 5.41) is 11.6. The molecule has 4 aliphatic heterocycles. The molecule has 3 saturated heterocycles. The minimum absolute atomic E-state index is 0.0170. The summed E-state index contributed by atoms with van der Waals surface area (Å²) in [6, 6.07) is 18.5. The van der Waals surface area contributed by atoms with Gasteiger partial charge in [0.15, 0.2) is 5.82 Å². The Morgan fingerprint density at radius 3 is 2.34 bits per heavy atom. The van der Waals surface area contributed by atoms with E-state index in [9.17, 15) is 23.7 Å². The average molecular weight is 841 g/mol. The molecule has 0 saturated carbocycles. The Kier molecular flexibility index (Phi) is 11.3. The molecule has 308 valence electrons. The van der Waals surface area contributed by atoms with Crippen molar-refractivity contribution in [2.75, 3.05) is 81.8 Å². The van der Waals surface area contributed by atoms with E-state index in [4.69, 9.17) is 16.3 Å². The Balaban J connectivity index is 0.834. The van der Waals surface area contributed by atoms with Gasteiger partial charge in [0.2, 0.25) is 11.9 Å². The Hall–Kier alpha value is -5.54. The van der Waals surface area contributed by atoms with E-state index in [1.54, 1.807) is 32.6 Å². The van der Waals surface area contributed by atoms with Crippen molar-refractivity contribution in [1.29, 1.82) is 0 Å². The van der Waals surface area contributed by atoms with Gasteiger partial charge in [0.1, 0.15) is 17.9 Å². The maximum atomic E-state index is 13.3. The van der Waals surface area contributed by atoms with Crippen molar-refractivity contribution in [2.45, 2.75) is 31.8 Å². The number of fused-ring (bicyclic) bond motifs is 1. The van der Waals surface area contributed by atoms with Crippen LogP contribution >= 0.6 is 18.7 Å². The van der Waals surface area contributed by atoms with Crippen LogP contribution in [0.3, 0.4) is 0 Å². The number of aromatic nitrogens is 2. The number of hydrogen-bond donors (Lipinski definition) is 3. The lowest BCUT2D eigenvalue weighted by Gasteiger charge is -2.43. The highest BCUT2D eigenvalue weighted by molar-refractivity contribution is 7.70. The molecule has 0 unspecified atom stereocenters. The summed E-state index contributed by atoms with van der Waals surface area (Å²) in [6.07, 6.45) is 3.60. The number of hydrogen-bond acceptors (Lipinski definition) is 13. The summed E-state index contributed by atoms with van der Waals surface area (Å²) in [4.78, 5) is 66.6. The number of piperazine rings is 1. The van der Waals surface area contributed by atoms with E-state index >= 15 is 0 Å². The number of ether oxygens (including phenoxy) is 1. The zero-order chi connectivity index (χ0) is 41.4. The minimum atomic E-state index is -2.56. The molecule has 0 atom stereocenters. The van der Waals surface area contributed by atoms with Crippen LogP contribution in [0.25, 0.3) is 0 Å². The van der Waals surface area contributed by atoms with Crippen molar-refractivity contribution >= 4 is 76.6 Å². The molecule has 59 heavy (non-hydrogen) atoms. The summed E-state index contributed by atoms with van der Waals surface area (Å²) in [6.45, 7) is 9.52. The predicted molar refractivity (Wildman–Crippen MR) is 226 cm³/mol. The smallest absolute Gasteiger partial charge is 0.343 e. The van der Waals surface area contributed by atoms with Crippen LogP contribution in [0.15, 0.2) is 66.9 Å². The summed E-state index contributed by atoms with van der Waals surface area (Å²) in [5.41, 5.74) is 3.91. The second kappa shape index (κ2) is 16.6. The van der Waals surface area contributed by atoms with Crippen LogP contribution in [-0.2, 0) is 15.9 Å². The number of amides is 5. The van der Waals surface area contributed by atoms with E-state index in [1.165, 1.54) is 6.20 Å². The maximum Gasteiger partial charge on any atom is 0.343 e. The van der Waals surface area contributed by atoms with Crippen LogP contribution in [0.1, 0.15) is 45.5 Å². The summed E-state index contributed by atoms with van der Waals surface area (Å²) < 4.78 is 18.7. The van der Waals surface area contributed by atoms with E-state index in [2.05, 4.69) is 46.7 Å². The zero-order valence-corrected chi connectivity index (χ0v) is 34.8. The fourth-order valence-electron chi connectivity index (χ4n) is 8.16. The fraction of sp³-hybridized carbons (Fsp3) is 0.366. The molecule has 3 fully saturated rings. The number of anilines is 5. The number of nitrogens with zero attached hydrogens (tertiary/aromatic N) is 7. The van der Waals surface area contributed by atoms with E-state index < -0.39 is 30.9 Å². The van der Waals surface area contributed by atoms with E-state index in [-0.39, 0.29) is 24.1 Å². The van der Waals surface area contributed by atoms with Crippen LogP contribution in [0.5, 0.6) is 5.75 Å². The van der Waals surface area contributed by atoms with Gasteiger partial charge in [-0.1, -0.05) is 29.8 Å². The largest absolute Gasteiger partial charge is 0.494 e. The lowest BCUT2D eigenvalue weighted by molar-refractivity contribution is -0.122. The summed E-state index contributed by atoms with van der Waals surface area (Å²) in [7, 11) is -0.921. The van der Waals surface area contributed by atoms with Gasteiger partial charge in [-0.3, -0.25) is 29.5 Å². The lowest BCUT2D eigenvalue weighted by atomic mass is 10.0. The molecule has 18 heteroatoms. The molecule has 5 amide bonds. The molecule has 0 bridgehead atoms. The number of carbonyl (C=O) groups is 4. The van der Waals surface area contributed by atoms with Gasteiger partial charge in [-0.05, 0) is 68.1 Å². The van der Waals surface area contributed by atoms with Crippen LogP contribution in [0, 0.1) is 0 Å². The first-order valence-electron chi connectivity index (χ1n) is 19.6. The van der Waals surface area contributed by atoms with Crippen LogP contribution in [-0.4, -0.2) is 126 Å². The number of halogens is 1. The first kappa shape index (κ1) is 40.2. The fourth-order valence-corrected chi connectivity index (χ4v) is 9.46. The monoisotopic (exact) mass is 840 g/mol. The Morgan fingerprint density at radius 1 is 0.864 bits per heavy atom. The SMILES string of the molecule is COc1cc(N2CCC(N3CCN(Cc4ccc5c(c4)C(=O)N(N4CCC(=O)NC4=O)C5=O)CC3)CC2)ccc1Nc1ncc(Cl)c(Nc2ccccc2P(C)(C)=O)n1. The molecule has 8 rings (SSSR count). The van der Waals surface area contributed by atoms with Crippen molar-refractivity contribution in [3.05, 3.63) is 88.6 Å². The van der Waals surface area contributed by atoms with E-state index in [1.807, 2.05) is 42.5 Å². The molecule has 0 spiro atoms. The third kappa shape index (κ3) is 8.49. The topological polar surface area (TPSA) is 173 Å². The molecule has 1 aromatic heterocycles. The number of carbonyl (C=O) groups excluding carboxylic acids is 4. The second-order valence-electron chi connectivity index (χ2n) is 15.5. The molecule has 4 aliphatic rings. The number of para-hydroxylation sites is 1. The summed E-state index contributed by atoms with van der Waals surface area (Å²) in [5.74, 6) is -0.183. The van der Waals surface area contributed by atoms with Crippen molar-refractivity contribution in [3.8, 4) is 5.75 Å². The van der Waals surface area contributed by atoms with Crippen LogP contribution in [0.4, 0.5) is 33.6 Å². The third-order valence-electron chi connectivity index (χ3n) is 11.3. The first-order valence-corrected chi connectivity index (χ1v) is 22.6. The zero-order valence-electron chi connectivity index (χ0n) is 33.1. The number of imide groups is 2. The van der Waals surface area contributed by atoms with Gasteiger partial charge in [0.25, 0.3) is 11.8 Å². The molecule has 0 aliphatic carbocycles. The number of methoxy groups -OCH3 is 1. The highest BCUT2D eigenvalue weighted by Gasteiger charge is 2.43. The molecule has 0 radical (unpaired) electrons. The first-order chi connectivity index (χ1) is 28.4. The second-order valence-corrected chi connectivity index (χ2v) is 19.0. The predicted octanol–water partition coefficient (Wildman–Crippen LogP) is 5.11. The van der Waals surface area contributed by atoms with Gasteiger partial charge in [-0.25, -0.2) is 14.8 Å². The molecule has 4 aromatic rings. The Morgan fingerprint density at radius 2 is 1.61 bits per heavy atom. The highest BCUT2D eigenvalue weighted by atomic mass is 35.5. The number of benzene rings is 3. The molecular weight excluding hydrogens is 795 g/mol. The van der Waals surface area contributed by atoms with Crippen LogP contribution in [0.2, 0.25) is 5.02 Å². The molecule has 16 nitrogen and oxygen atoms in total. The maximum absolute atomic E-state index is 13.3. The number of urea groups is 1. The van der Waals surface area contributed by atoms with E-state index in [0.717, 1.165) is 73.4 Å². The van der Waals surface area contributed by atoms with Crippen molar-refractivity contribution in [2.24, 2.45) is 0 Å². The third-order valence-corrected chi connectivity index (χ3v) is 13.1. The van der Waals surface area contributed by atoms with Gasteiger partial charge in [0, 0.05) is 75.3 Å². The quantitative estimate of drug-likeness (QED) is 0.135. The van der Waals surface area contributed by atoms with Crippen molar-refractivity contribution < 1.29 is 28.5 Å². The van der Waals surface area contributed by atoms with E-state index in [0.29, 0.717) is 51.8 Å². The van der Waals surface area contributed by atoms with Gasteiger partial charge in [0.05, 0.1) is 42.4 Å². The normalized spacial score (nSPS) is 18.3. The van der Waals surface area contributed by atoms with Gasteiger partial charge in [-0.15, -0.1) is 0 Å². The van der Waals surface area contributed by atoms with Crippen LogP contribution < -0.4 is 30.9 Å². The van der Waals surface area contributed by atoms with Crippen molar-refractivity contribution in [1.82, 2.24) is 35.1 Å². The van der Waals surface area contributed by atoms with Crippen molar-refractivity contribution in [3.63, 3.8) is 0 Å². The Bertz CT molecular complexity index is 2360. The number of rotatable bonds is 11. The molecule has 3 aromatic carbocycles. The summed E-state index contributed by atoms with van der Waals surface area (Å²) >= 11 is 6.47.